The first-order valence-corrected chi connectivity index (χ1v) is 5.52. The van der Waals surface area contributed by atoms with E-state index in [1.165, 1.54) is 4.90 Å². The molecule has 0 aromatic rings. The van der Waals surface area contributed by atoms with Gasteiger partial charge >= 0.3 is 6.03 Å². The molecule has 2 N–H and O–H groups in total. The van der Waals surface area contributed by atoms with E-state index in [4.69, 9.17) is 9.84 Å². The van der Waals surface area contributed by atoms with Crippen LogP contribution >= 0.6 is 0 Å². The number of rotatable bonds is 4. The van der Waals surface area contributed by atoms with Crippen molar-refractivity contribution >= 4 is 12.4 Å². The Balaban J connectivity index is 2.73. The van der Waals surface area contributed by atoms with Crippen LogP contribution in [-0.2, 0) is 9.53 Å². The van der Waals surface area contributed by atoms with Gasteiger partial charge in [-0.2, -0.15) is 0 Å². The number of carbonyl (C=O) groups is 2. The Hall–Kier alpha value is -1.40. The number of aliphatic hydroxyl groups excluding tert-OH is 1. The average Bonchev–Trinajstić information content (AvgIpc) is 2.74. The largest absolute Gasteiger partial charge is 0.394 e. The summed E-state index contributed by atoms with van der Waals surface area (Å²) in [7, 11) is 0. The number of nitrogens with one attached hydrogen (secondary N) is 1. The lowest BCUT2D eigenvalue weighted by molar-refractivity contribution is -0.109. The first-order valence-electron chi connectivity index (χ1n) is 5.52. The smallest absolute Gasteiger partial charge is 0.329 e. The van der Waals surface area contributed by atoms with Gasteiger partial charge in [0, 0.05) is 6.20 Å². The Kier molecular flexibility index (Phi) is 5.11. The molecule has 6 nitrogen and oxygen atoms in total. The van der Waals surface area contributed by atoms with Crippen LogP contribution in [0.3, 0.4) is 0 Å². The second-order valence-electron chi connectivity index (χ2n) is 4.15. The maximum Gasteiger partial charge on any atom is 0.329 e. The summed E-state index contributed by atoms with van der Waals surface area (Å²) in [5.41, 5.74) is 0.919. The summed E-state index contributed by atoms with van der Waals surface area (Å²) in [4.78, 5) is 23.3. The van der Waals surface area contributed by atoms with Crippen molar-refractivity contribution in [2.45, 2.75) is 39.0 Å². The molecule has 3 amide bonds. The SMILES string of the molecule is CC(C)=CN(C(=O)NC=O)C1CC[C@@H](CO)O1. The maximum absolute atomic E-state index is 11.7. The molecule has 2 atom stereocenters. The molecule has 0 aromatic heterocycles. The molecule has 17 heavy (non-hydrogen) atoms. The third-order valence-corrected chi connectivity index (χ3v) is 2.41. The zero-order valence-corrected chi connectivity index (χ0v) is 10.0. The first-order chi connectivity index (χ1) is 8.08. The molecular weight excluding hydrogens is 224 g/mol. The molecule has 1 unspecified atom stereocenters. The minimum Gasteiger partial charge on any atom is -0.394 e. The Bertz CT molecular complexity index is 313. The van der Waals surface area contributed by atoms with Crippen molar-refractivity contribution in [2.24, 2.45) is 0 Å². The fourth-order valence-electron chi connectivity index (χ4n) is 1.70. The standard InChI is InChI=1S/C11H18N2O4/c1-8(2)5-13(11(16)12-7-15)10-4-3-9(6-14)17-10/h5,7,9-10,14H,3-4,6H2,1-2H3,(H,12,15,16)/t9-,10?/m0/s1. The van der Waals surface area contributed by atoms with E-state index in [0.29, 0.717) is 19.3 Å². The highest BCUT2D eigenvalue weighted by Gasteiger charge is 2.31. The summed E-state index contributed by atoms with van der Waals surface area (Å²) in [6.45, 7) is 3.63. The third kappa shape index (κ3) is 3.83. The van der Waals surface area contributed by atoms with Crippen molar-refractivity contribution in [3.63, 3.8) is 0 Å². The monoisotopic (exact) mass is 242 g/mol. The van der Waals surface area contributed by atoms with Crippen LogP contribution in [-0.4, -0.2) is 41.4 Å². The number of allylic oxidation sites excluding steroid dienone is 1. The van der Waals surface area contributed by atoms with Gasteiger partial charge in [-0.3, -0.25) is 15.0 Å². The molecule has 0 saturated carbocycles. The highest BCUT2D eigenvalue weighted by Crippen LogP contribution is 2.23. The van der Waals surface area contributed by atoms with E-state index in [9.17, 15) is 9.59 Å². The molecule has 0 radical (unpaired) electrons. The van der Waals surface area contributed by atoms with Gasteiger partial charge in [0.1, 0.15) is 6.23 Å². The number of amides is 3. The van der Waals surface area contributed by atoms with Crippen LogP contribution in [0.2, 0.25) is 0 Å². The van der Waals surface area contributed by atoms with E-state index < -0.39 is 12.3 Å². The highest BCUT2D eigenvalue weighted by molar-refractivity contribution is 5.85. The van der Waals surface area contributed by atoms with Crippen LogP contribution in [0.25, 0.3) is 0 Å². The second-order valence-corrected chi connectivity index (χ2v) is 4.15. The highest BCUT2D eigenvalue weighted by atomic mass is 16.5. The lowest BCUT2D eigenvalue weighted by atomic mass is 10.2. The molecule has 1 rings (SSSR count). The summed E-state index contributed by atoms with van der Waals surface area (Å²) in [6.07, 6.45) is 2.64. The van der Waals surface area contributed by atoms with Crippen LogP contribution in [0.1, 0.15) is 26.7 Å². The molecule has 1 heterocycles. The van der Waals surface area contributed by atoms with E-state index in [2.05, 4.69) is 5.32 Å². The number of urea groups is 1. The van der Waals surface area contributed by atoms with Crippen LogP contribution in [0.4, 0.5) is 4.79 Å². The molecular formula is C11H18N2O4. The topological polar surface area (TPSA) is 78.9 Å². The van der Waals surface area contributed by atoms with E-state index in [1.807, 2.05) is 13.8 Å². The van der Waals surface area contributed by atoms with E-state index in [1.54, 1.807) is 6.20 Å². The van der Waals surface area contributed by atoms with Gasteiger partial charge in [-0.05, 0) is 26.7 Å². The van der Waals surface area contributed by atoms with Crippen LogP contribution < -0.4 is 5.32 Å². The molecule has 0 aliphatic carbocycles. The van der Waals surface area contributed by atoms with Crippen molar-refractivity contribution in [3.8, 4) is 0 Å². The summed E-state index contributed by atoms with van der Waals surface area (Å²) < 4.78 is 5.50. The predicted molar refractivity (Wildman–Crippen MR) is 60.8 cm³/mol. The van der Waals surface area contributed by atoms with Gasteiger partial charge in [-0.15, -0.1) is 0 Å². The summed E-state index contributed by atoms with van der Waals surface area (Å²) in [6, 6.07) is -0.523. The second kappa shape index (κ2) is 6.36. The lowest BCUT2D eigenvalue weighted by Gasteiger charge is -2.25. The number of nitrogens with zero attached hydrogens (tertiary/aromatic N) is 1. The fourth-order valence-corrected chi connectivity index (χ4v) is 1.70. The zero-order chi connectivity index (χ0) is 12.8. The molecule has 1 saturated heterocycles. The maximum atomic E-state index is 11.7. The molecule has 0 bridgehead atoms. The number of ether oxygens (including phenoxy) is 1. The van der Waals surface area contributed by atoms with Crippen molar-refractivity contribution < 1.29 is 19.4 Å². The Labute approximate surface area is 100 Å². The number of aliphatic hydroxyl groups is 1. The molecule has 1 aliphatic heterocycles. The van der Waals surface area contributed by atoms with Gasteiger partial charge in [-0.25, -0.2) is 4.79 Å². The van der Waals surface area contributed by atoms with Gasteiger partial charge in [0.15, 0.2) is 0 Å². The molecule has 6 heteroatoms. The predicted octanol–water partition coefficient (Wildman–Crippen LogP) is 0.575. The van der Waals surface area contributed by atoms with Crippen molar-refractivity contribution in [1.82, 2.24) is 10.2 Å². The Morgan fingerprint density at radius 2 is 2.24 bits per heavy atom. The lowest BCUT2D eigenvalue weighted by Crippen LogP contribution is -2.42. The third-order valence-electron chi connectivity index (χ3n) is 2.41. The Morgan fingerprint density at radius 3 is 2.71 bits per heavy atom. The molecule has 0 spiro atoms. The van der Waals surface area contributed by atoms with E-state index in [-0.39, 0.29) is 12.7 Å². The van der Waals surface area contributed by atoms with Crippen molar-refractivity contribution in [1.29, 1.82) is 0 Å². The van der Waals surface area contributed by atoms with E-state index >= 15 is 0 Å². The van der Waals surface area contributed by atoms with Crippen LogP contribution in [0.5, 0.6) is 0 Å². The minimum absolute atomic E-state index is 0.0611. The first kappa shape index (κ1) is 13.7. The fraction of sp³-hybridized carbons (Fsp3) is 0.636. The molecule has 1 aliphatic rings. The summed E-state index contributed by atoms with van der Waals surface area (Å²) in [5.74, 6) is 0. The van der Waals surface area contributed by atoms with Gasteiger partial charge in [0.25, 0.3) is 0 Å². The summed E-state index contributed by atoms with van der Waals surface area (Å²) in [5, 5.41) is 11.1. The van der Waals surface area contributed by atoms with E-state index in [0.717, 1.165) is 5.57 Å². The van der Waals surface area contributed by atoms with Gasteiger partial charge in [0.2, 0.25) is 6.41 Å². The van der Waals surface area contributed by atoms with Gasteiger partial charge < -0.3 is 9.84 Å². The van der Waals surface area contributed by atoms with Crippen LogP contribution in [0, 0.1) is 0 Å². The number of hydrogen-bond acceptors (Lipinski definition) is 4. The average molecular weight is 242 g/mol. The summed E-state index contributed by atoms with van der Waals surface area (Å²) >= 11 is 0. The van der Waals surface area contributed by atoms with Gasteiger partial charge in [0.05, 0.1) is 12.7 Å². The van der Waals surface area contributed by atoms with Crippen molar-refractivity contribution in [2.75, 3.05) is 6.61 Å². The normalized spacial score (nSPS) is 23.0. The molecule has 0 aromatic carbocycles. The van der Waals surface area contributed by atoms with Gasteiger partial charge in [-0.1, -0.05) is 5.57 Å². The van der Waals surface area contributed by atoms with Crippen LogP contribution in [0.15, 0.2) is 11.8 Å². The Morgan fingerprint density at radius 1 is 1.53 bits per heavy atom. The number of carbonyl (C=O) groups excluding carboxylic acids is 2. The molecule has 1 fully saturated rings. The van der Waals surface area contributed by atoms with Crippen molar-refractivity contribution in [3.05, 3.63) is 11.8 Å². The minimum atomic E-state index is -0.523. The zero-order valence-electron chi connectivity index (χ0n) is 10.0. The molecule has 96 valence electrons. The quantitative estimate of drug-likeness (QED) is 0.707. The number of hydrogen-bond donors (Lipinski definition) is 2. The number of imide groups is 1.